The summed E-state index contributed by atoms with van der Waals surface area (Å²) in [4.78, 5) is 28.3. The summed E-state index contributed by atoms with van der Waals surface area (Å²) in [6.07, 6.45) is 4.76. The van der Waals surface area contributed by atoms with Crippen molar-refractivity contribution < 1.29 is 24.1 Å². The van der Waals surface area contributed by atoms with Gasteiger partial charge in [-0.2, -0.15) is 0 Å². The quantitative estimate of drug-likeness (QED) is 0.684. The number of hydrogen-bond donors (Lipinski definition) is 1. The minimum Gasteiger partial charge on any atom is -0.493 e. The number of aromatic carboxylic acids is 1. The highest BCUT2D eigenvalue weighted by Gasteiger charge is 2.13. The van der Waals surface area contributed by atoms with Crippen LogP contribution in [0.4, 0.5) is 0 Å². The zero-order valence-electron chi connectivity index (χ0n) is 16.4. The van der Waals surface area contributed by atoms with E-state index in [-0.39, 0.29) is 11.1 Å². The lowest BCUT2D eigenvalue weighted by molar-refractivity contribution is 0.0696. The number of hydrogen-bond acceptors (Lipinski definition) is 6. The van der Waals surface area contributed by atoms with Gasteiger partial charge < -0.3 is 19.3 Å². The highest BCUT2D eigenvalue weighted by atomic mass is 16.5. The third-order valence-corrected chi connectivity index (χ3v) is 4.45. The zero-order valence-corrected chi connectivity index (χ0v) is 16.4. The van der Waals surface area contributed by atoms with Crippen LogP contribution in [0.15, 0.2) is 35.3 Å². The summed E-state index contributed by atoms with van der Waals surface area (Å²) in [7, 11) is 4.60. The Balaban J connectivity index is 2.07. The fourth-order valence-electron chi connectivity index (χ4n) is 2.91. The zero-order chi connectivity index (χ0) is 21.1. The van der Waals surface area contributed by atoms with Crippen LogP contribution in [0, 0.1) is 6.92 Å². The number of methoxy groups -OCH3 is 3. The largest absolute Gasteiger partial charge is 0.493 e. The van der Waals surface area contributed by atoms with Crippen LogP contribution < -0.4 is 19.8 Å². The Labute approximate surface area is 166 Å². The van der Waals surface area contributed by atoms with Crippen LogP contribution in [-0.2, 0) is 0 Å². The van der Waals surface area contributed by atoms with Gasteiger partial charge in [0.2, 0.25) is 5.75 Å². The molecular formula is C21H20N2O6. The Morgan fingerprint density at radius 2 is 1.72 bits per heavy atom. The van der Waals surface area contributed by atoms with Gasteiger partial charge in [0.25, 0.3) is 5.56 Å². The van der Waals surface area contributed by atoms with E-state index in [1.807, 2.05) is 0 Å². The monoisotopic (exact) mass is 396 g/mol. The van der Waals surface area contributed by atoms with Crippen LogP contribution >= 0.6 is 0 Å². The van der Waals surface area contributed by atoms with Crippen molar-refractivity contribution in [3.8, 4) is 17.2 Å². The van der Waals surface area contributed by atoms with Crippen LogP contribution in [0.2, 0.25) is 0 Å². The minimum atomic E-state index is -1.11. The predicted octanol–water partition coefficient (Wildman–Crippen LogP) is 2.90. The summed E-state index contributed by atoms with van der Waals surface area (Å²) in [5, 5.41) is 9.12. The van der Waals surface area contributed by atoms with Gasteiger partial charge in [-0.3, -0.25) is 9.20 Å². The molecule has 1 N–H and O–H groups in total. The van der Waals surface area contributed by atoms with Crippen molar-refractivity contribution in [1.82, 2.24) is 9.38 Å². The van der Waals surface area contributed by atoms with Crippen molar-refractivity contribution >= 4 is 23.8 Å². The fraction of sp³-hybridized carbons (Fsp3) is 0.190. The van der Waals surface area contributed by atoms with E-state index in [2.05, 4.69) is 4.98 Å². The number of ether oxygens (including phenoxy) is 3. The van der Waals surface area contributed by atoms with Gasteiger partial charge in [-0.1, -0.05) is 6.08 Å². The normalized spacial score (nSPS) is 11.0. The molecule has 150 valence electrons. The van der Waals surface area contributed by atoms with E-state index >= 15 is 0 Å². The molecule has 0 radical (unpaired) electrons. The molecule has 3 aromatic rings. The number of pyridine rings is 1. The maximum atomic E-state index is 12.7. The van der Waals surface area contributed by atoms with Crippen molar-refractivity contribution in [1.29, 1.82) is 0 Å². The molecule has 0 spiro atoms. The van der Waals surface area contributed by atoms with E-state index in [4.69, 9.17) is 19.3 Å². The molecule has 0 bridgehead atoms. The van der Waals surface area contributed by atoms with Crippen molar-refractivity contribution in [3.63, 3.8) is 0 Å². The third kappa shape index (κ3) is 3.77. The molecule has 8 heteroatoms. The molecule has 2 aromatic heterocycles. The molecular weight excluding hydrogens is 376 g/mol. The van der Waals surface area contributed by atoms with E-state index in [0.717, 1.165) is 5.56 Å². The van der Waals surface area contributed by atoms with E-state index < -0.39 is 5.97 Å². The lowest BCUT2D eigenvalue weighted by Gasteiger charge is -2.12. The summed E-state index contributed by atoms with van der Waals surface area (Å²) in [5.41, 5.74) is 1.68. The lowest BCUT2D eigenvalue weighted by Crippen LogP contribution is -2.20. The molecule has 0 unspecified atom stereocenters. The SMILES string of the molecule is COc1cc(/C=C/c2nc3ccc(C(=O)O)cn3c(=O)c2C)cc(OC)c1OC. The molecule has 0 aliphatic rings. The molecule has 1 aromatic carbocycles. The van der Waals surface area contributed by atoms with Gasteiger partial charge in [0.1, 0.15) is 5.65 Å². The van der Waals surface area contributed by atoms with E-state index in [9.17, 15) is 9.59 Å². The number of carbonyl (C=O) groups is 1. The van der Waals surface area contributed by atoms with Gasteiger partial charge in [-0.15, -0.1) is 0 Å². The van der Waals surface area contributed by atoms with Crippen LogP contribution in [0.1, 0.15) is 27.2 Å². The van der Waals surface area contributed by atoms with Crippen LogP contribution in [-0.4, -0.2) is 41.8 Å². The average Bonchev–Trinajstić information content (AvgIpc) is 2.73. The first kappa shape index (κ1) is 19.9. The van der Waals surface area contributed by atoms with Crippen LogP contribution in [0.3, 0.4) is 0 Å². The average molecular weight is 396 g/mol. The van der Waals surface area contributed by atoms with Crippen molar-refractivity contribution in [3.05, 3.63) is 63.2 Å². The topological polar surface area (TPSA) is 99.4 Å². The summed E-state index contributed by atoms with van der Waals surface area (Å²) < 4.78 is 17.2. The Morgan fingerprint density at radius 3 is 2.28 bits per heavy atom. The highest BCUT2D eigenvalue weighted by Crippen LogP contribution is 2.38. The van der Waals surface area contributed by atoms with Crippen LogP contribution in [0.5, 0.6) is 17.2 Å². The number of rotatable bonds is 6. The number of fused-ring (bicyclic) bond motifs is 1. The Morgan fingerprint density at radius 1 is 1.07 bits per heavy atom. The lowest BCUT2D eigenvalue weighted by atomic mass is 10.1. The van der Waals surface area contributed by atoms with Gasteiger partial charge in [-0.25, -0.2) is 9.78 Å². The molecule has 0 amide bonds. The Bertz CT molecular complexity index is 1150. The van der Waals surface area contributed by atoms with Gasteiger partial charge in [0.05, 0.1) is 32.6 Å². The molecule has 0 aliphatic carbocycles. The molecule has 0 fully saturated rings. The number of benzene rings is 1. The number of carboxylic acid groups (broad SMARTS) is 1. The predicted molar refractivity (Wildman–Crippen MR) is 108 cm³/mol. The third-order valence-electron chi connectivity index (χ3n) is 4.45. The molecule has 3 rings (SSSR count). The number of carboxylic acids is 1. The number of nitrogens with zero attached hydrogens (tertiary/aromatic N) is 2. The van der Waals surface area contributed by atoms with E-state index in [1.165, 1.54) is 44.1 Å². The highest BCUT2D eigenvalue weighted by molar-refractivity contribution is 5.87. The first-order chi connectivity index (χ1) is 13.9. The Hall–Kier alpha value is -3.81. The second-order valence-corrected chi connectivity index (χ2v) is 6.17. The summed E-state index contributed by atoms with van der Waals surface area (Å²) in [6.45, 7) is 1.64. The van der Waals surface area contributed by atoms with Crippen molar-refractivity contribution in [2.45, 2.75) is 6.92 Å². The van der Waals surface area contributed by atoms with E-state index in [0.29, 0.717) is 34.2 Å². The van der Waals surface area contributed by atoms with Gasteiger partial charge in [-0.05, 0) is 42.8 Å². The van der Waals surface area contributed by atoms with Gasteiger partial charge in [0.15, 0.2) is 11.5 Å². The fourth-order valence-corrected chi connectivity index (χ4v) is 2.91. The summed E-state index contributed by atoms with van der Waals surface area (Å²) in [5.74, 6) is 0.398. The first-order valence-corrected chi connectivity index (χ1v) is 8.64. The van der Waals surface area contributed by atoms with Crippen LogP contribution in [0.25, 0.3) is 17.8 Å². The minimum absolute atomic E-state index is 0.0153. The molecule has 0 atom stereocenters. The molecule has 8 nitrogen and oxygen atoms in total. The molecule has 0 aliphatic heterocycles. The summed E-state index contributed by atoms with van der Waals surface area (Å²) in [6, 6.07) is 6.47. The van der Waals surface area contributed by atoms with E-state index in [1.54, 1.807) is 31.2 Å². The van der Waals surface area contributed by atoms with Crippen molar-refractivity contribution in [2.24, 2.45) is 0 Å². The molecule has 29 heavy (non-hydrogen) atoms. The summed E-state index contributed by atoms with van der Waals surface area (Å²) >= 11 is 0. The van der Waals surface area contributed by atoms with Gasteiger partial charge >= 0.3 is 5.97 Å². The maximum absolute atomic E-state index is 12.7. The smallest absolute Gasteiger partial charge is 0.337 e. The second kappa shape index (κ2) is 8.05. The second-order valence-electron chi connectivity index (χ2n) is 6.17. The maximum Gasteiger partial charge on any atom is 0.337 e. The number of aromatic nitrogens is 2. The molecule has 0 saturated heterocycles. The van der Waals surface area contributed by atoms with Crippen molar-refractivity contribution in [2.75, 3.05) is 21.3 Å². The molecule has 0 saturated carbocycles. The Kier molecular flexibility index (Phi) is 5.54. The van der Waals surface area contributed by atoms with Gasteiger partial charge in [0, 0.05) is 11.8 Å². The standard InChI is InChI=1S/C21H20N2O6/c1-12-15(22-18-8-6-14(21(25)26)11-23(18)20(12)24)7-5-13-9-16(27-2)19(29-4)17(10-13)28-3/h5-11H,1-4H3,(H,25,26)/b7-5+. The first-order valence-electron chi connectivity index (χ1n) is 8.64. The molecule has 2 heterocycles.